The lowest BCUT2D eigenvalue weighted by Gasteiger charge is -2.28. The average molecular weight is 350 g/mol. The summed E-state index contributed by atoms with van der Waals surface area (Å²) in [7, 11) is 0. The van der Waals surface area contributed by atoms with Crippen molar-refractivity contribution in [1.82, 2.24) is 4.98 Å². The van der Waals surface area contributed by atoms with Crippen LogP contribution in [0.25, 0.3) is 11.1 Å². The van der Waals surface area contributed by atoms with Crippen molar-refractivity contribution >= 4 is 0 Å². The molecule has 0 N–H and O–H groups in total. The normalized spacial score (nSPS) is 20.2. The summed E-state index contributed by atoms with van der Waals surface area (Å²) in [5, 5.41) is 0. The van der Waals surface area contributed by atoms with E-state index in [-0.39, 0.29) is 0 Å². The largest absolute Gasteiger partial charge is 0.260 e. The van der Waals surface area contributed by atoms with E-state index in [1.54, 1.807) is 0 Å². The van der Waals surface area contributed by atoms with Gasteiger partial charge < -0.3 is 0 Å². The molecule has 0 spiro atoms. The Labute approximate surface area is 160 Å². The number of hydrogen-bond donors (Lipinski definition) is 0. The van der Waals surface area contributed by atoms with Gasteiger partial charge in [0.15, 0.2) is 0 Å². The molecule has 1 aliphatic rings. The van der Waals surface area contributed by atoms with Gasteiger partial charge in [0.25, 0.3) is 0 Å². The minimum absolute atomic E-state index is 0.679. The van der Waals surface area contributed by atoms with Crippen LogP contribution in [0.3, 0.4) is 0 Å². The molecule has 1 heteroatoms. The van der Waals surface area contributed by atoms with Crippen molar-refractivity contribution in [3.63, 3.8) is 0 Å². The molecule has 2 aromatic rings. The minimum Gasteiger partial charge on any atom is -0.260 e. The predicted molar refractivity (Wildman–Crippen MR) is 113 cm³/mol. The van der Waals surface area contributed by atoms with E-state index in [1.807, 2.05) is 0 Å². The highest BCUT2D eigenvalue weighted by atomic mass is 14.7. The molecule has 0 atom stereocenters. The fourth-order valence-electron chi connectivity index (χ4n) is 4.30. The maximum Gasteiger partial charge on any atom is 0.0434 e. The first-order valence-electron chi connectivity index (χ1n) is 10.9. The second-order valence-corrected chi connectivity index (χ2v) is 8.13. The summed E-state index contributed by atoms with van der Waals surface area (Å²) in [5.41, 5.74) is 5.28. The van der Waals surface area contributed by atoms with Gasteiger partial charge in [0.2, 0.25) is 0 Å². The first kappa shape index (κ1) is 19.1. The fraction of sp³-hybridized carbons (Fsp3) is 0.560. The first-order valence-corrected chi connectivity index (χ1v) is 10.9. The smallest absolute Gasteiger partial charge is 0.0434 e. The van der Waals surface area contributed by atoms with Crippen molar-refractivity contribution in [1.29, 1.82) is 0 Å². The molecule has 1 fully saturated rings. The molecule has 0 bridgehead atoms. The van der Waals surface area contributed by atoms with Crippen molar-refractivity contribution in [2.75, 3.05) is 0 Å². The minimum atomic E-state index is 0.679. The summed E-state index contributed by atoms with van der Waals surface area (Å²) in [4.78, 5) is 4.84. The number of rotatable bonds is 8. The molecule has 26 heavy (non-hydrogen) atoms. The zero-order chi connectivity index (χ0) is 18.2. The third kappa shape index (κ3) is 5.19. The third-order valence-corrected chi connectivity index (χ3v) is 6.12. The summed E-state index contributed by atoms with van der Waals surface area (Å²) in [6.45, 7) is 4.55. The van der Waals surface area contributed by atoms with Crippen LogP contribution in [-0.2, 0) is 6.42 Å². The summed E-state index contributed by atoms with van der Waals surface area (Å²) in [5.74, 6) is 1.65. The Bertz CT molecular complexity index is 633. The van der Waals surface area contributed by atoms with Crippen molar-refractivity contribution in [2.45, 2.75) is 84.0 Å². The highest BCUT2D eigenvalue weighted by molar-refractivity contribution is 5.62. The monoisotopic (exact) mass is 349 g/mol. The van der Waals surface area contributed by atoms with Gasteiger partial charge in [-0.2, -0.15) is 0 Å². The number of nitrogens with zero attached hydrogens (tertiary/aromatic N) is 1. The van der Waals surface area contributed by atoms with Crippen LogP contribution in [0.15, 0.2) is 42.6 Å². The van der Waals surface area contributed by atoms with E-state index in [4.69, 9.17) is 4.98 Å². The van der Waals surface area contributed by atoms with Crippen molar-refractivity contribution in [2.24, 2.45) is 5.92 Å². The van der Waals surface area contributed by atoms with Gasteiger partial charge in [-0.15, -0.1) is 0 Å². The molecule has 0 aliphatic heterocycles. The zero-order valence-corrected chi connectivity index (χ0v) is 16.7. The Kier molecular flexibility index (Phi) is 7.29. The maximum absolute atomic E-state index is 4.84. The van der Waals surface area contributed by atoms with Gasteiger partial charge in [-0.05, 0) is 61.6 Å². The van der Waals surface area contributed by atoms with E-state index in [2.05, 4.69) is 56.4 Å². The number of benzene rings is 1. The van der Waals surface area contributed by atoms with E-state index in [0.717, 1.165) is 5.92 Å². The SMILES string of the molecule is CCCCc1ccc(-c2ccc([C@H]3CC[C@H](CCCC)CC3)nc2)cc1. The van der Waals surface area contributed by atoms with Crippen LogP contribution in [0, 0.1) is 5.92 Å². The molecule has 1 heterocycles. The predicted octanol–water partition coefficient (Wildman–Crippen LogP) is 7.56. The van der Waals surface area contributed by atoms with Crippen LogP contribution in [0.5, 0.6) is 0 Å². The molecule has 0 amide bonds. The van der Waals surface area contributed by atoms with Crippen LogP contribution in [0.4, 0.5) is 0 Å². The van der Waals surface area contributed by atoms with Crippen LogP contribution in [0.1, 0.15) is 88.8 Å². The lowest BCUT2D eigenvalue weighted by molar-refractivity contribution is 0.301. The van der Waals surface area contributed by atoms with Crippen LogP contribution >= 0.6 is 0 Å². The van der Waals surface area contributed by atoms with Gasteiger partial charge in [-0.1, -0.05) is 69.9 Å². The molecule has 0 saturated heterocycles. The van der Waals surface area contributed by atoms with Gasteiger partial charge in [-0.3, -0.25) is 4.98 Å². The van der Waals surface area contributed by atoms with Crippen LogP contribution in [-0.4, -0.2) is 4.98 Å². The number of aromatic nitrogens is 1. The first-order chi connectivity index (χ1) is 12.8. The van der Waals surface area contributed by atoms with Gasteiger partial charge in [0, 0.05) is 23.4 Å². The van der Waals surface area contributed by atoms with Gasteiger partial charge in [-0.25, -0.2) is 0 Å². The van der Waals surface area contributed by atoms with E-state index >= 15 is 0 Å². The van der Waals surface area contributed by atoms with E-state index in [0.29, 0.717) is 5.92 Å². The highest BCUT2D eigenvalue weighted by Crippen LogP contribution is 2.37. The Morgan fingerprint density at radius 2 is 1.50 bits per heavy atom. The van der Waals surface area contributed by atoms with Crippen molar-refractivity contribution < 1.29 is 0 Å². The number of pyridine rings is 1. The Morgan fingerprint density at radius 3 is 2.12 bits per heavy atom. The standard InChI is InChI=1S/C25H35N/c1-3-5-7-20-9-13-22(14-10-20)24-17-18-25(26-19-24)23-15-11-21(12-16-23)8-6-4-2/h9-10,13-14,17-19,21,23H,3-8,11-12,15-16H2,1-2H3/t21-,23-. The molecule has 140 valence electrons. The number of hydrogen-bond acceptors (Lipinski definition) is 1. The van der Waals surface area contributed by atoms with Crippen LogP contribution in [0.2, 0.25) is 0 Å². The fourth-order valence-corrected chi connectivity index (χ4v) is 4.30. The average Bonchev–Trinajstić information content (AvgIpc) is 2.72. The molecule has 1 aromatic heterocycles. The highest BCUT2D eigenvalue weighted by Gasteiger charge is 2.22. The van der Waals surface area contributed by atoms with E-state index < -0.39 is 0 Å². The summed E-state index contributed by atoms with van der Waals surface area (Å²) >= 11 is 0. The second-order valence-electron chi connectivity index (χ2n) is 8.13. The van der Waals surface area contributed by atoms with E-state index in [1.165, 1.54) is 86.6 Å². The third-order valence-electron chi connectivity index (χ3n) is 6.12. The van der Waals surface area contributed by atoms with Gasteiger partial charge in [0.1, 0.15) is 0 Å². The summed E-state index contributed by atoms with van der Waals surface area (Å²) in [6, 6.07) is 13.6. The molecule has 0 radical (unpaired) electrons. The van der Waals surface area contributed by atoms with Crippen LogP contribution < -0.4 is 0 Å². The molecule has 3 rings (SSSR count). The molecule has 1 aliphatic carbocycles. The lowest BCUT2D eigenvalue weighted by Crippen LogP contribution is -2.14. The topological polar surface area (TPSA) is 12.9 Å². The number of unbranched alkanes of at least 4 members (excludes halogenated alkanes) is 2. The Hall–Kier alpha value is -1.63. The maximum atomic E-state index is 4.84. The van der Waals surface area contributed by atoms with Crippen molar-refractivity contribution in [3.05, 3.63) is 53.9 Å². The zero-order valence-electron chi connectivity index (χ0n) is 16.7. The molecule has 1 nitrogen and oxygen atoms in total. The Morgan fingerprint density at radius 1 is 0.808 bits per heavy atom. The number of aryl methyl sites for hydroxylation is 1. The molecular formula is C25H35N. The van der Waals surface area contributed by atoms with Gasteiger partial charge in [0.05, 0.1) is 0 Å². The Balaban J connectivity index is 1.57. The molecule has 1 aromatic carbocycles. The molecule has 0 unspecified atom stereocenters. The van der Waals surface area contributed by atoms with E-state index in [9.17, 15) is 0 Å². The lowest BCUT2D eigenvalue weighted by atomic mass is 9.78. The quantitative estimate of drug-likeness (QED) is 0.479. The summed E-state index contributed by atoms with van der Waals surface area (Å²) < 4.78 is 0. The van der Waals surface area contributed by atoms with Gasteiger partial charge >= 0.3 is 0 Å². The molecular weight excluding hydrogens is 314 g/mol. The second kappa shape index (κ2) is 9.90. The molecule has 1 saturated carbocycles. The van der Waals surface area contributed by atoms with Crippen molar-refractivity contribution in [3.8, 4) is 11.1 Å². The summed E-state index contributed by atoms with van der Waals surface area (Å²) in [6.07, 6.45) is 15.4.